The van der Waals surface area contributed by atoms with E-state index in [1.54, 1.807) is 38.1 Å². The molecule has 0 aromatic heterocycles. The molecule has 88 valence electrons. The van der Waals surface area contributed by atoms with Gasteiger partial charge in [-0.15, -0.1) is 4.72 Å². The molecule has 0 radical (unpaired) electrons. The maximum atomic E-state index is 11.9. The summed E-state index contributed by atoms with van der Waals surface area (Å²) in [6, 6.07) is 6.64. The van der Waals surface area contributed by atoms with Crippen molar-refractivity contribution < 1.29 is 14.1 Å². The van der Waals surface area contributed by atoms with Crippen LogP contribution < -0.4 is 4.72 Å². The number of carbonyl (C=O) groups is 1. The average Bonchev–Trinajstić information content (AvgIpc) is 2.28. The van der Waals surface area contributed by atoms with Crippen molar-refractivity contribution in [2.24, 2.45) is 0 Å². The first-order chi connectivity index (χ1) is 7.48. The van der Waals surface area contributed by atoms with Crippen molar-refractivity contribution in [1.29, 1.82) is 0 Å². The highest BCUT2D eigenvalue weighted by Gasteiger charge is 2.24. The molecule has 4 nitrogen and oxygen atoms in total. The summed E-state index contributed by atoms with van der Waals surface area (Å²) in [5, 5.41) is 0. The summed E-state index contributed by atoms with van der Waals surface area (Å²) in [6.45, 7) is 3.54. The van der Waals surface area contributed by atoms with E-state index in [9.17, 15) is 9.35 Å². The molecule has 1 unspecified atom stereocenters. The molecule has 1 aromatic carbocycles. The quantitative estimate of drug-likeness (QED) is 0.482. The summed E-state index contributed by atoms with van der Waals surface area (Å²) in [6.07, 6.45) is 0.724. The Bertz CT molecular complexity index is 368. The zero-order valence-electron chi connectivity index (χ0n) is 9.52. The highest BCUT2D eigenvalue weighted by atomic mass is 32.2. The summed E-state index contributed by atoms with van der Waals surface area (Å²) in [5.41, 5.74) is -0.176. The topological polar surface area (TPSA) is 61.4 Å². The van der Waals surface area contributed by atoms with Gasteiger partial charge >= 0.3 is 0 Å². The second-order valence-corrected chi connectivity index (χ2v) is 4.99. The number of methoxy groups -OCH3 is 1. The van der Waals surface area contributed by atoms with Crippen LogP contribution in [0.25, 0.3) is 0 Å². The van der Waals surface area contributed by atoms with Crippen molar-refractivity contribution in [2.45, 2.75) is 24.5 Å². The average molecular weight is 241 g/mol. The maximum Gasteiger partial charge on any atom is 0.174 e. The third-order valence-corrected chi connectivity index (χ3v) is 3.42. The van der Waals surface area contributed by atoms with Crippen LogP contribution in [0.3, 0.4) is 0 Å². The third kappa shape index (κ3) is 3.61. The number of nitrogens with one attached hydrogen (secondary N) is 1. The van der Waals surface area contributed by atoms with E-state index in [2.05, 4.69) is 4.72 Å². The van der Waals surface area contributed by atoms with Gasteiger partial charge in [0.05, 0.1) is 11.4 Å². The zero-order valence-corrected chi connectivity index (χ0v) is 10.3. The smallest absolute Gasteiger partial charge is 0.174 e. The van der Waals surface area contributed by atoms with Crippen molar-refractivity contribution in [3.8, 4) is 0 Å². The fourth-order valence-electron chi connectivity index (χ4n) is 1.03. The number of benzene rings is 1. The summed E-state index contributed by atoms with van der Waals surface area (Å²) < 4.78 is 19.8. The standard InChI is InChI=1S/C11H15NO3S/c1-11(2,15-3)12-16(14)10-6-4-5-9(7-10)8-13/h4-8,12H,1-3H3. The van der Waals surface area contributed by atoms with E-state index >= 15 is 0 Å². The number of ether oxygens (including phenoxy) is 1. The van der Waals surface area contributed by atoms with Crippen LogP contribution in [-0.4, -0.2) is 23.7 Å². The van der Waals surface area contributed by atoms with Crippen LogP contribution in [0.1, 0.15) is 24.2 Å². The highest BCUT2D eigenvalue weighted by Crippen LogP contribution is 2.14. The lowest BCUT2D eigenvalue weighted by Crippen LogP contribution is -2.44. The van der Waals surface area contributed by atoms with E-state index in [-0.39, 0.29) is 0 Å². The fourth-order valence-corrected chi connectivity index (χ4v) is 2.12. The van der Waals surface area contributed by atoms with Crippen molar-refractivity contribution >= 4 is 17.6 Å². The Kier molecular flexibility index (Phi) is 4.49. The van der Waals surface area contributed by atoms with E-state index < -0.39 is 17.1 Å². The van der Waals surface area contributed by atoms with Crippen molar-refractivity contribution in [1.82, 2.24) is 4.72 Å². The second-order valence-electron chi connectivity index (χ2n) is 3.78. The van der Waals surface area contributed by atoms with Gasteiger partial charge in [0.2, 0.25) is 0 Å². The van der Waals surface area contributed by atoms with Crippen LogP contribution in [0.15, 0.2) is 29.2 Å². The molecule has 0 saturated heterocycles. The maximum absolute atomic E-state index is 11.9. The molecule has 1 N–H and O–H groups in total. The van der Waals surface area contributed by atoms with Crippen LogP contribution in [-0.2, 0) is 16.1 Å². The normalized spacial score (nSPS) is 13.5. The monoisotopic (exact) mass is 241 g/mol. The number of hydrogen-bond donors (Lipinski definition) is 1. The predicted octanol–water partition coefficient (Wildman–Crippen LogP) is 1.49. The Labute approximate surface area is 98.3 Å². The van der Waals surface area contributed by atoms with Crippen LogP contribution in [0, 0.1) is 0 Å². The van der Waals surface area contributed by atoms with E-state index in [4.69, 9.17) is 4.74 Å². The largest absolute Gasteiger partial charge is 0.593 e. The van der Waals surface area contributed by atoms with Gasteiger partial charge in [-0.2, -0.15) is 0 Å². The summed E-state index contributed by atoms with van der Waals surface area (Å²) >= 11 is -1.40. The number of aldehydes is 1. The molecule has 0 spiro atoms. The van der Waals surface area contributed by atoms with Crippen LogP contribution >= 0.6 is 0 Å². The van der Waals surface area contributed by atoms with E-state index in [0.29, 0.717) is 10.5 Å². The van der Waals surface area contributed by atoms with Gasteiger partial charge < -0.3 is 9.29 Å². The molecular formula is C11H15NO3S. The van der Waals surface area contributed by atoms with Gasteiger partial charge in [-0.1, -0.05) is 12.1 Å². The van der Waals surface area contributed by atoms with Crippen LogP contribution in [0.4, 0.5) is 0 Å². The van der Waals surface area contributed by atoms with Gasteiger partial charge in [0.25, 0.3) is 0 Å². The van der Waals surface area contributed by atoms with Crippen molar-refractivity contribution in [3.05, 3.63) is 29.8 Å². The Balaban J connectivity index is 2.80. The van der Waals surface area contributed by atoms with Gasteiger partial charge in [-0.25, -0.2) is 0 Å². The molecule has 0 aliphatic rings. The van der Waals surface area contributed by atoms with Gasteiger partial charge in [-0.05, 0) is 19.9 Å². The minimum Gasteiger partial charge on any atom is -0.593 e. The highest BCUT2D eigenvalue weighted by molar-refractivity contribution is 7.89. The number of hydrogen-bond acceptors (Lipinski definition) is 4. The van der Waals surface area contributed by atoms with Gasteiger partial charge in [0.1, 0.15) is 6.29 Å². The molecule has 0 aliphatic heterocycles. The van der Waals surface area contributed by atoms with E-state index in [1.807, 2.05) is 0 Å². The minimum atomic E-state index is -1.40. The minimum absolute atomic E-state index is 0.503. The molecule has 1 aromatic rings. The van der Waals surface area contributed by atoms with E-state index in [0.717, 1.165) is 6.29 Å². The third-order valence-electron chi connectivity index (χ3n) is 2.06. The van der Waals surface area contributed by atoms with Crippen molar-refractivity contribution in [3.63, 3.8) is 0 Å². The molecule has 0 amide bonds. The molecule has 1 atom stereocenters. The first kappa shape index (κ1) is 13.2. The summed E-state index contributed by atoms with van der Waals surface area (Å²) in [7, 11) is 1.53. The SMILES string of the molecule is COC(C)(C)N[S+]([O-])c1cccc(C=O)c1. The Morgan fingerprint density at radius 1 is 1.50 bits per heavy atom. The lowest BCUT2D eigenvalue weighted by atomic mass is 10.2. The Morgan fingerprint density at radius 2 is 2.19 bits per heavy atom. The molecule has 16 heavy (non-hydrogen) atoms. The Morgan fingerprint density at radius 3 is 2.75 bits per heavy atom. The molecule has 1 rings (SSSR count). The number of carbonyl (C=O) groups excluding carboxylic acids is 1. The lowest BCUT2D eigenvalue weighted by Gasteiger charge is -2.24. The molecule has 0 saturated carbocycles. The molecule has 0 aliphatic carbocycles. The van der Waals surface area contributed by atoms with Crippen molar-refractivity contribution in [2.75, 3.05) is 7.11 Å². The number of rotatable bonds is 5. The first-order valence-corrected chi connectivity index (χ1v) is 5.93. The zero-order chi connectivity index (χ0) is 12.2. The van der Waals surface area contributed by atoms with Gasteiger partial charge in [-0.3, -0.25) is 4.79 Å². The fraction of sp³-hybridized carbons (Fsp3) is 0.364. The molecular weight excluding hydrogens is 226 g/mol. The summed E-state index contributed by atoms with van der Waals surface area (Å²) in [4.78, 5) is 11.1. The molecule has 5 heteroatoms. The Hall–Kier alpha value is -0.880. The molecule has 0 heterocycles. The second kappa shape index (κ2) is 5.45. The lowest BCUT2D eigenvalue weighted by molar-refractivity contribution is 0.0131. The predicted molar refractivity (Wildman–Crippen MR) is 62.5 cm³/mol. The van der Waals surface area contributed by atoms with Gasteiger partial charge in [0.15, 0.2) is 10.6 Å². The molecule has 0 bridgehead atoms. The van der Waals surface area contributed by atoms with Crippen LogP contribution in [0.2, 0.25) is 0 Å². The first-order valence-electron chi connectivity index (χ1n) is 4.78. The van der Waals surface area contributed by atoms with Crippen LogP contribution in [0.5, 0.6) is 0 Å². The molecule has 0 fully saturated rings. The summed E-state index contributed by atoms with van der Waals surface area (Å²) in [5.74, 6) is 0. The van der Waals surface area contributed by atoms with E-state index in [1.165, 1.54) is 7.11 Å². The van der Waals surface area contributed by atoms with Gasteiger partial charge in [0, 0.05) is 18.7 Å².